The second-order valence-electron chi connectivity index (χ2n) is 6.76. The first kappa shape index (κ1) is 19.8. The van der Waals surface area contributed by atoms with Crippen molar-refractivity contribution in [1.82, 2.24) is 9.88 Å². The molecule has 8 heteroatoms. The van der Waals surface area contributed by atoms with E-state index in [1.807, 2.05) is 12.1 Å². The zero-order valence-electron chi connectivity index (χ0n) is 14.8. The standard InChI is InChI=1S/C19H20ClF3N2O2/c1-18(27-15-4-2-14(20)3-5-15)8-9-25(13-18)10-11-26-16-6-7-17(24-12-16)19(21,22)23/h2-7,12H,8-11,13H2,1H3. The Morgan fingerprint density at radius 3 is 2.48 bits per heavy atom. The van der Waals surface area contributed by atoms with Gasteiger partial charge in [0.1, 0.15) is 29.4 Å². The molecular formula is C19H20ClF3N2O2. The SMILES string of the molecule is CC1(Oc2ccc(Cl)cc2)CCN(CCOc2ccc(C(F)(F)F)nc2)C1. The van der Waals surface area contributed by atoms with E-state index in [1.165, 1.54) is 6.07 Å². The molecule has 0 spiro atoms. The van der Waals surface area contributed by atoms with Gasteiger partial charge in [-0.3, -0.25) is 4.90 Å². The summed E-state index contributed by atoms with van der Waals surface area (Å²) in [5.74, 6) is 1.10. The summed E-state index contributed by atoms with van der Waals surface area (Å²) in [4.78, 5) is 5.59. The molecule has 1 atom stereocenters. The molecule has 0 saturated carbocycles. The topological polar surface area (TPSA) is 34.6 Å². The number of likely N-dealkylation sites (tertiary alicyclic amines) is 1. The molecule has 1 aliphatic rings. The van der Waals surface area contributed by atoms with Gasteiger partial charge in [-0.15, -0.1) is 0 Å². The first-order valence-electron chi connectivity index (χ1n) is 8.57. The number of pyridine rings is 1. The minimum Gasteiger partial charge on any atom is -0.491 e. The number of halogens is 4. The third-order valence-electron chi connectivity index (χ3n) is 4.40. The van der Waals surface area contributed by atoms with Crippen molar-refractivity contribution in [3.63, 3.8) is 0 Å². The molecule has 1 fully saturated rings. The van der Waals surface area contributed by atoms with Gasteiger partial charge in [0, 0.05) is 31.1 Å². The third kappa shape index (κ3) is 5.49. The van der Waals surface area contributed by atoms with Crippen molar-refractivity contribution < 1.29 is 22.6 Å². The number of ether oxygens (including phenoxy) is 2. The molecule has 1 aliphatic heterocycles. The summed E-state index contributed by atoms with van der Waals surface area (Å²) >= 11 is 5.89. The van der Waals surface area contributed by atoms with Crippen LogP contribution in [0.3, 0.4) is 0 Å². The Hall–Kier alpha value is -1.99. The molecule has 1 aromatic heterocycles. The molecule has 3 rings (SSSR count). The molecular weight excluding hydrogens is 381 g/mol. The van der Waals surface area contributed by atoms with Crippen LogP contribution in [-0.2, 0) is 6.18 Å². The van der Waals surface area contributed by atoms with E-state index in [-0.39, 0.29) is 5.60 Å². The number of aromatic nitrogens is 1. The molecule has 146 valence electrons. The van der Waals surface area contributed by atoms with Gasteiger partial charge in [-0.1, -0.05) is 11.6 Å². The van der Waals surface area contributed by atoms with Crippen molar-refractivity contribution in [2.75, 3.05) is 26.2 Å². The monoisotopic (exact) mass is 400 g/mol. The van der Waals surface area contributed by atoms with Crippen LogP contribution in [0.15, 0.2) is 42.6 Å². The Bertz CT molecular complexity index is 753. The number of hydrogen-bond donors (Lipinski definition) is 0. The van der Waals surface area contributed by atoms with Crippen LogP contribution in [0, 0.1) is 0 Å². The summed E-state index contributed by atoms with van der Waals surface area (Å²) in [5.41, 5.74) is -1.23. The second kappa shape index (κ2) is 7.94. The highest BCUT2D eigenvalue weighted by atomic mass is 35.5. The van der Waals surface area contributed by atoms with Gasteiger partial charge in [0.05, 0.1) is 6.20 Å². The van der Waals surface area contributed by atoms with Gasteiger partial charge in [-0.25, -0.2) is 4.98 Å². The van der Waals surface area contributed by atoms with Gasteiger partial charge in [-0.05, 0) is 43.3 Å². The van der Waals surface area contributed by atoms with Crippen molar-refractivity contribution in [2.24, 2.45) is 0 Å². The van der Waals surface area contributed by atoms with E-state index in [1.54, 1.807) is 12.1 Å². The average molecular weight is 401 g/mol. The van der Waals surface area contributed by atoms with E-state index in [0.29, 0.717) is 23.9 Å². The lowest BCUT2D eigenvalue weighted by Crippen LogP contribution is -2.37. The van der Waals surface area contributed by atoms with Crippen LogP contribution in [0.4, 0.5) is 13.2 Å². The fourth-order valence-corrected chi connectivity index (χ4v) is 3.14. The van der Waals surface area contributed by atoms with Crippen LogP contribution in [-0.4, -0.2) is 41.7 Å². The Balaban J connectivity index is 1.45. The van der Waals surface area contributed by atoms with E-state index in [4.69, 9.17) is 21.1 Å². The minimum absolute atomic E-state index is 0.302. The molecule has 0 N–H and O–H groups in total. The number of nitrogens with zero attached hydrogens (tertiary/aromatic N) is 2. The molecule has 2 aromatic rings. The van der Waals surface area contributed by atoms with Crippen molar-refractivity contribution >= 4 is 11.6 Å². The highest BCUT2D eigenvalue weighted by Gasteiger charge is 2.35. The zero-order valence-corrected chi connectivity index (χ0v) is 15.6. The van der Waals surface area contributed by atoms with Crippen LogP contribution in [0.5, 0.6) is 11.5 Å². The lowest BCUT2D eigenvalue weighted by molar-refractivity contribution is -0.141. The maximum Gasteiger partial charge on any atom is 0.433 e. The van der Waals surface area contributed by atoms with Crippen LogP contribution < -0.4 is 9.47 Å². The van der Waals surface area contributed by atoms with E-state index < -0.39 is 11.9 Å². The third-order valence-corrected chi connectivity index (χ3v) is 4.65. The summed E-state index contributed by atoms with van der Waals surface area (Å²) in [5, 5.41) is 0.662. The van der Waals surface area contributed by atoms with Gasteiger partial charge in [0.25, 0.3) is 0 Å². The quantitative estimate of drug-likeness (QED) is 0.705. The molecule has 0 bridgehead atoms. The average Bonchev–Trinajstić information content (AvgIpc) is 2.98. The van der Waals surface area contributed by atoms with E-state index >= 15 is 0 Å². The molecule has 0 aliphatic carbocycles. The van der Waals surface area contributed by atoms with Crippen LogP contribution >= 0.6 is 11.6 Å². The maximum absolute atomic E-state index is 12.5. The normalized spacial score (nSPS) is 20.6. The molecule has 1 saturated heterocycles. The first-order valence-corrected chi connectivity index (χ1v) is 8.94. The minimum atomic E-state index is -4.44. The second-order valence-corrected chi connectivity index (χ2v) is 7.19. The van der Waals surface area contributed by atoms with Crippen LogP contribution in [0.2, 0.25) is 5.02 Å². The van der Waals surface area contributed by atoms with E-state index in [0.717, 1.165) is 37.5 Å². The number of alkyl halides is 3. The molecule has 27 heavy (non-hydrogen) atoms. The smallest absolute Gasteiger partial charge is 0.433 e. The molecule has 4 nitrogen and oxygen atoms in total. The summed E-state index contributed by atoms with van der Waals surface area (Å²) in [6.45, 7) is 4.68. The number of rotatable bonds is 6. The predicted octanol–water partition coefficient (Wildman–Crippen LogP) is 4.68. The molecule has 0 amide bonds. The van der Waals surface area contributed by atoms with Gasteiger partial charge in [0.2, 0.25) is 0 Å². The number of benzene rings is 1. The molecule has 1 unspecified atom stereocenters. The van der Waals surface area contributed by atoms with Gasteiger partial charge in [-0.2, -0.15) is 13.2 Å². The summed E-state index contributed by atoms with van der Waals surface area (Å²) in [6.07, 6.45) is -2.47. The summed E-state index contributed by atoms with van der Waals surface area (Å²) < 4.78 is 49.1. The highest BCUT2D eigenvalue weighted by Crippen LogP contribution is 2.29. The van der Waals surface area contributed by atoms with Crippen molar-refractivity contribution in [3.05, 3.63) is 53.3 Å². The van der Waals surface area contributed by atoms with Gasteiger partial charge >= 0.3 is 6.18 Å². The van der Waals surface area contributed by atoms with Crippen LogP contribution in [0.1, 0.15) is 19.0 Å². The first-order chi connectivity index (χ1) is 12.7. The summed E-state index contributed by atoms with van der Waals surface area (Å²) in [6, 6.07) is 9.47. The number of hydrogen-bond acceptors (Lipinski definition) is 4. The highest BCUT2D eigenvalue weighted by molar-refractivity contribution is 6.30. The molecule has 2 heterocycles. The van der Waals surface area contributed by atoms with Crippen molar-refractivity contribution in [1.29, 1.82) is 0 Å². The zero-order chi connectivity index (χ0) is 19.5. The Labute approximate surface area is 160 Å². The Morgan fingerprint density at radius 1 is 1.15 bits per heavy atom. The fourth-order valence-electron chi connectivity index (χ4n) is 3.01. The van der Waals surface area contributed by atoms with E-state index in [9.17, 15) is 13.2 Å². The Kier molecular flexibility index (Phi) is 5.81. The van der Waals surface area contributed by atoms with Crippen molar-refractivity contribution in [3.8, 4) is 11.5 Å². The predicted molar refractivity (Wildman–Crippen MR) is 96.3 cm³/mol. The van der Waals surface area contributed by atoms with E-state index in [2.05, 4.69) is 16.8 Å². The maximum atomic E-state index is 12.5. The largest absolute Gasteiger partial charge is 0.491 e. The lowest BCUT2D eigenvalue weighted by Gasteiger charge is -2.26. The fraction of sp³-hybridized carbons (Fsp3) is 0.421. The van der Waals surface area contributed by atoms with Gasteiger partial charge in [0.15, 0.2) is 0 Å². The van der Waals surface area contributed by atoms with Crippen LogP contribution in [0.25, 0.3) is 0 Å². The summed E-state index contributed by atoms with van der Waals surface area (Å²) in [7, 11) is 0. The molecule has 1 aromatic carbocycles. The molecule has 0 radical (unpaired) electrons. The van der Waals surface area contributed by atoms with Crippen molar-refractivity contribution in [2.45, 2.75) is 25.1 Å². The lowest BCUT2D eigenvalue weighted by atomic mass is 10.1. The Morgan fingerprint density at radius 2 is 1.85 bits per heavy atom. The van der Waals surface area contributed by atoms with Gasteiger partial charge < -0.3 is 9.47 Å².